The number of piperazine rings is 1. The minimum absolute atomic E-state index is 0.0393. The van der Waals surface area contributed by atoms with Gasteiger partial charge in [0.05, 0.1) is 5.69 Å². The summed E-state index contributed by atoms with van der Waals surface area (Å²) in [5.41, 5.74) is 1.74. The average molecular weight is 289 g/mol. The van der Waals surface area contributed by atoms with E-state index in [0.29, 0.717) is 6.54 Å². The van der Waals surface area contributed by atoms with Crippen LogP contribution >= 0.6 is 0 Å². The van der Waals surface area contributed by atoms with E-state index >= 15 is 0 Å². The number of fused-ring (bicyclic) bond motifs is 3. The summed E-state index contributed by atoms with van der Waals surface area (Å²) in [5, 5.41) is 6.30. The summed E-state index contributed by atoms with van der Waals surface area (Å²) in [7, 11) is 0. The first-order valence-corrected chi connectivity index (χ1v) is 7.69. The summed E-state index contributed by atoms with van der Waals surface area (Å²) in [6.07, 6.45) is 0. The predicted octanol–water partition coefficient (Wildman–Crippen LogP) is 1.45. The van der Waals surface area contributed by atoms with E-state index in [1.807, 2.05) is 0 Å². The summed E-state index contributed by atoms with van der Waals surface area (Å²) in [4.78, 5) is 23.9. The molecule has 0 spiro atoms. The SMILES string of the molecule is CC(C)c1nc(C(C)C)c2c(n1)N1CCNCC1C(=O)N2. The standard InChI is InChI=1S/C15H23N5O/c1-8(2)11-12-14(19-13(17-11)9(3)4)20-6-5-16-7-10(20)15(21)18-12/h8-10,16H,5-7H2,1-4H3,(H,18,21). The van der Waals surface area contributed by atoms with Crippen LogP contribution in [0.25, 0.3) is 0 Å². The van der Waals surface area contributed by atoms with Gasteiger partial charge in [0.2, 0.25) is 5.91 Å². The van der Waals surface area contributed by atoms with Crippen molar-refractivity contribution in [3.63, 3.8) is 0 Å². The maximum atomic E-state index is 12.3. The van der Waals surface area contributed by atoms with E-state index in [0.717, 1.165) is 36.1 Å². The van der Waals surface area contributed by atoms with E-state index in [1.165, 1.54) is 0 Å². The van der Waals surface area contributed by atoms with Gasteiger partial charge in [0, 0.05) is 25.6 Å². The van der Waals surface area contributed by atoms with Gasteiger partial charge in [0.15, 0.2) is 5.82 Å². The zero-order valence-corrected chi connectivity index (χ0v) is 13.1. The summed E-state index contributed by atoms with van der Waals surface area (Å²) in [5.74, 6) is 2.30. The topological polar surface area (TPSA) is 70.2 Å². The van der Waals surface area contributed by atoms with E-state index in [2.05, 4.69) is 48.2 Å². The Labute approximate surface area is 125 Å². The molecule has 1 amide bonds. The maximum Gasteiger partial charge on any atom is 0.248 e. The molecule has 21 heavy (non-hydrogen) atoms. The lowest BCUT2D eigenvalue weighted by Crippen LogP contribution is -2.59. The highest BCUT2D eigenvalue weighted by Gasteiger charge is 2.37. The first-order valence-electron chi connectivity index (χ1n) is 7.69. The quantitative estimate of drug-likeness (QED) is 0.862. The van der Waals surface area contributed by atoms with Crippen molar-refractivity contribution in [2.24, 2.45) is 0 Å². The Kier molecular flexibility index (Phi) is 3.57. The Hall–Kier alpha value is -1.69. The molecule has 1 saturated heterocycles. The third kappa shape index (κ3) is 2.37. The normalized spacial score (nSPS) is 21.3. The van der Waals surface area contributed by atoms with Gasteiger partial charge in [-0.2, -0.15) is 0 Å². The number of carbonyl (C=O) groups excluding carboxylic acids is 1. The smallest absolute Gasteiger partial charge is 0.248 e. The average Bonchev–Trinajstić information content (AvgIpc) is 2.46. The molecule has 2 aliphatic rings. The van der Waals surface area contributed by atoms with Crippen molar-refractivity contribution < 1.29 is 4.79 Å². The zero-order valence-electron chi connectivity index (χ0n) is 13.1. The molecule has 3 rings (SSSR count). The van der Waals surface area contributed by atoms with Crippen molar-refractivity contribution in [2.75, 3.05) is 29.9 Å². The molecule has 6 nitrogen and oxygen atoms in total. The number of amides is 1. The van der Waals surface area contributed by atoms with Crippen LogP contribution in [0.3, 0.4) is 0 Å². The second-order valence-electron chi connectivity index (χ2n) is 6.38. The Morgan fingerprint density at radius 1 is 1.19 bits per heavy atom. The highest BCUT2D eigenvalue weighted by molar-refractivity contribution is 6.03. The van der Waals surface area contributed by atoms with Gasteiger partial charge in [0.25, 0.3) is 0 Å². The fourth-order valence-electron chi connectivity index (χ4n) is 2.89. The van der Waals surface area contributed by atoms with Crippen LogP contribution in [-0.4, -0.2) is 41.6 Å². The molecular weight excluding hydrogens is 266 g/mol. The molecule has 0 radical (unpaired) electrons. The van der Waals surface area contributed by atoms with Crippen molar-refractivity contribution in [3.05, 3.63) is 11.5 Å². The fourth-order valence-corrected chi connectivity index (χ4v) is 2.89. The Bertz CT molecular complexity index is 569. The largest absolute Gasteiger partial charge is 0.340 e. The zero-order chi connectivity index (χ0) is 15.1. The number of carbonyl (C=O) groups is 1. The summed E-state index contributed by atoms with van der Waals surface area (Å²) in [6, 6.07) is -0.166. The number of rotatable bonds is 2. The van der Waals surface area contributed by atoms with E-state index in [1.54, 1.807) is 0 Å². The third-order valence-electron chi connectivity index (χ3n) is 4.06. The van der Waals surface area contributed by atoms with Crippen LogP contribution in [0.1, 0.15) is 51.0 Å². The molecule has 2 aliphatic heterocycles. The molecule has 0 saturated carbocycles. The number of nitrogens with one attached hydrogen (secondary N) is 2. The van der Waals surface area contributed by atoms with Crippen molar-refractivity contribution in [2.45, 2.75) is 45.6 Å². The van der Waals surface area contributed by atoms with Crippen molar-refractivity contribution in [3.8, 4) is 0 Å². The predicted molar refractivity (Wildman–Crippen MR) is 82.8 cm³/mol. The Morgan fingerprint density at radius 3 is 2.62 bits per heavy atom. The van der Waals surface area contributed by atoms with Gasteiger partial charge in [-0.1, -0.05) is 27.7 Å². The second-order valence-corrected chi connectivity index (χ2v) is 6.38. The first kappa shape index (κ1) is 14.3. The van der Waals surface area contributed by atoms with E-state index in [4.69, 9.17) is 4.98 Å². The van der Waals surface area contributed by atoms with Gasteiger partial charge in [-0.25, -0.2) is 9.97 Å². The van der Waals surface area contributed by atoms with Gasteiger partial charge in [-0.15, -0.1) is 0 Å². The summed E-state index contributed by atoms with van der Waals surface area (Å²) in [6.45, 7) is 10.7. The van der Waals surface area contributed by atoms with Crippen LogP contribution in [0.5, 0.6) is 0 Å². The molecule has 1 aromatic heterocycles. The molecular formula is C15H23N5O. The number of aromatic nitrogens is 2. The van der Waals surface area contributed by atoms with Gasteiger partial charge >= 0.3 is 0 Å². The van der Waals surface area contributed by atoms with Crippen LogP contribution in [0.15, 0.2) is 0 Å². The highest BCUT2D eigenvalue weighted by Crippen LogP contribution is 2.37. The molecule has 1 unspecified atom stereocenters. The third-order valence-corrected chi connectivity index (χ3v) is 4.06. The number of nitrogens with zero attached hydrogens (tertiary/aromatic N) is 3. The van der Waals surface area contributed by atoms with E-state index < -0.39 is 0 Å². The van der Waals surface area contributed by atoms with Crippen molar-refractivity contribution in [1.29, 1.82) is 0 Å². The van der Waals surface area contributed by atoms with Gasteiger partial charge in [-0.3, -0.25) is 4.79 Å². The number of hydrogen-bond donors (Lipinski definition) is 2. The lowest BCUT2D eigenvalue weighted by Gasteiger charge is -2.41. The van der Waals surface area contributed by atoms with Gasteiger partial charge in [0.1, 0.15) is 17.6 Å². The minimum Gasteiger partial charge on any atom is -0.340 e. The van der Waals surface area contributed by atoms with Crippen LogP contribution in [0.4, 0.5) is 11.5 Å². The number of anilines is 2. The Balaban J connectivity index is 2.15. The molecule has 2 N–H and O–H groups in total. The maximum absolute atomic E-state index is 12.3. The second kappa shape index (κ2) is 5.26. The molecule has 0 aromatic carbocycles. The highest BCUT2D eigenvalue weighted by atomic mass is 16.2. The summed E-state index contributed by atoms with van der Waals surface area (Å²) < 4.78 is 0. The van der Waals surface area contributed by atoms with Crippen molar-refractivity contribution >= 4 is 17.4 Å². The fraction of sp³-hybridized carbons (Fsp3) is 0.667. The van der Waals surface area contributed by atoms with E-state index in [9.17, 15) is 4.79 Å². The molecule has 6 heteroatoms. The molecule has 1 aromatic rings. The number of hydrogen-bond acceptors (Lipinski definition) is 5. The first-order chi connectivity index (χ1) is 9.99. The van der Waals surface area contributed by atoms with E-state index in [-0.39, 0.29) is 23.8 Å². The summed E-state index contributed by atoms with van der Waals surface area (Å²) >= 11 is 0. The van der Waals surface area contributed by atoms with Crippen LogP contribution in [0.2, 0.25) is 0 Å². The van der Waals surface area contributed by atoms with Gasteiger partial charge in [-0.05, 0) is 5.92 Å². The van der Waals surface area contributed by atoms with Crippen LogP contribution < -0.4 is 15.5 Å². The molecule has 3 heterocycles. The Morgan fingerprint density at radius 2 is 1.95 bits per heavy atom. The molecule has 114 valence electrons. The lowest BCUT2D eigenvalue weighted by atomic mass is 10.0. The molecule has 0 aliphatic carbocycles. The minimum atomic E-state index is -0.166. The van der Waals surface area contributed by atoms with Crippen LogP contribution in [-0.2, 0) is 4.79 Å². The van der Waals surface area contributed by atoms with Gasteiger partial charge < -0.3 is 15.5 Å². The van der Waals surface area contributed by atoms with Crippen LogP contribution in [0, 0.1) is 0 Å². The van der Waals surface area contributed by atoms with Crippen molar-refractivity contribution in [1.82, 2.24) is 15.3 Å². The molecule has 1 fully saturated rings. The molecule has 0 bridgehead atoms. The molecule has 1 atom stereocenters. The lowest BCUT2D eigenvalue weighted by molar-refractivity contribution is -0.117. The monoisotopic (exact) mass is 289 g/mol.